The van der Waals surface area contributed by atoms with Crippen molar-refractivity contribution >= 4 is 5.69 Å². The molecule has 0 aliphatic rings. The zero-order valence-electron chi connectivity index (χ0n) is 8.70. The molecule has 14 heavy (non-hydrogen) atoms. The average molecular weight is 189 g/mol. The number of pyridine rings is 1. The molecule has 0 aromatic carbocycles. The number of unbranched alkanes of at least 4 members (excludes halogenated alkanes) is 1. The lowest BCUT2D eigenvalue weighted by Crippen LogP contribution is -2.19. The van der Waals surface area contributed by atoms with Gasteiger partial charge in [-0.1, -0.05) is 13.3 Å². The van der Waals surface area contributed by atoms with Crippen molar-refractivity contribution in [3.63, 3.8) is 0 Å². The van der Waals surface area contributed by atoms with E-state index in [9.17, 15) is 0 Å². The Morgan fingerprint density at radius 2 is 2.36 bits per heavy atom. The molecule has 0 N–H and O–H groups in total. The minimum absolute atomic E-state index is 0.506. The van der Waals surface area contributed by atoms with E-state index in [4.69, 9.17) is 5.26 Å². The van der Waals surface area contributed by atoms with Crippen molar-refractivity contribution in [3.05, 3.63) is 24.0 Å². The van der Waals surface area contributed by atoms with Crippen LogP contribution in [0, 0.1) is 11.3 Å². The molecule has 0 saturated heterocycles. The van der Waals surface area contributed by atoms with E-state index in [1.807, 2.05) is 19.2 Å². The maximum Gasteiger partial charge on any atom is 0.163 e. The van der Waals surface area contributed by atoms with E-state index in [0.717, 1.165) is 25.1 Å². The molecule has 0 bridgehead atoms. The summed E-state index contributed by atoms with van der Waals surface area (Å²) in [6.45, 7) is 3.12. The molecule has 3 heteroatoms. The Morgan fingerprint density at radius 1 is 1.57 bits per heavy atom. The van der Waals surface area contributed by atoms with E-state index in [1.165, 1.54) is 0 Å². The maximum atomic E-state index is 8.85. The van der Waals surface area contributed by atoms with Gasteiger partial charge in [-0.05, 0) is 18.6 Å². The van der Waals surface area contributed by atoms with Crippen molar-refractivity contribution in [2.75, 3.05) is 18.5 Å². The Bertz CT molecular complexity index is 328. The lowest BCUT2D eigenvalue weighted by atomic mass is 10.2. The van der Waals surface area contributed by atoms with Gasteiger partial charge in [0, 0.05) is 19.8 Å². The molecule has 1 aromatic heterocycles. The summed E-state index contributed by atoms with van der Waals surface area (Å²) in [6.07, 6.45) is 3.94. The third-order valence-electron chi connectivity index (χ3n) is 2.15. The van der Waals surface area contributed by atoms with Crippen LogP contribution in [0.5, 0.6) is 0 Å². The fourth-order valence-electron chi connectivity index (χ4n) is 1.31. The molecule has 0 amide bonds. The number of nitrogens with zero attached hydrogens (tertiary/aromatic N) is 3. The highest BCUT2D eigenvalue weighted by Gasteiger charge is 2.06. The van der Waals surface area contributed by atoms with Crippen LogP contribution < -0.4 is 4.90 Å². The first-order chi connectivity index (χ1) is 6.79. The molecule has 1 rings (SSSR count). The number of rotatable bonds is 4. The van der Waals surface area contributed by atoms with Crippen LogP contribution in [0.4, 0.5) is 5.69 Å². The van der Waals surface area contributed by atoms with Gasteiger partial charge in [-0.15, -0.1) is 0 Å². The van der Waals surface area contributed by atoms with Crippen LogP contribution in [0.1, 0.15) is 25.5 Å². The zero-order valence-corrected chi connectivity index (χ0v) is 8.70. The van der Waals surface area contributed by atoms with Gasteiger partial charge in [0.2, 0.25) is 0 Å². The van der Waals surface area contributed by atoms with E-state index in [1.54, 1.807) is 6.20 Å². The second kappa shape index (κ2) is 5.23. The molecule has 3 nitrogen and oxygen atoms in total. The summed E-state index contributed by atoms with van der Waals surface area (Å²) in [5.74, 6) is 0. The van der Waals surface area contributed by atoms with Gasteiger partial charge in [-0.3, -0.25) is 0 Å². The van der Waals surface area contributed by atoms with Crippen LogP contribution in [-0.2, 0) is 0 Å². The second-order valence-corrected chi connectivity index (χ2v) is 3.26. The van der Waals surface area contributed by atoms with Gasteiger partial charge in [-0.2, -0.15) is 5.26 Å². The first-order valence-electron chi connectivity index (χ1n) is 4.85. The molecule has 0 spiro atoms. The molecule has 0 saturated carbocycles. The smallest absolute Gasteiger partial charge is 0.163 e. The van der Waals surface area contributed by atoms with Crippen LogP contribution >= 0.6 is 0 Å². The highest BCUT2D eigenvalue weighted by molar-refractivity contribution is 5.54. The Morgan fingerprint density at radius 3 is 3.00 bits per heavy atom. The van der Waals surface area contributed by atoms with Gasteiger partial charge in [0.1, 0.15) is 6.07 Å². The van der Waals surface area contributed by atoms with Gasteiger partial charge in [-0.25, -0.2) is 4.98 Å². The van der Waals surface area contributed by atoms with Crippen LogP contribution in [-0.4, -0.2) is 18.6 Å². The van der Waals surface area contributed by atoms with Crippen LogP contribution in [0.2, 0.25) is 0 Å². The minimum Gasteiger partial charge on any atom is -0.372 e. The van der Waals surface area contributed by atoms with Crippen molar-refractivity contribution in [1.29, 1.82) is 5.26 Å². The molecule has 0 radical (unpaired) electrons. The fraction of sp³-hybridized carbons (Fsp3) is 0.455. The Kier molecular flexibility index (Phi) is 3.93. The first kappa shape index (κ1) is 10.5. The van der Waals surface area contributed by atoms with E-state index in [-0.39, 0.29) is 0 Å². The molecule has 74 valence electrons. The first-order valence-corrected chi connectivity index (χ1v) is 4.85. The zero-order chi connectivity index (χ0) is 10.4. The van der Waals surface area contributed by atoms with Gasteiger partial charge in [0.05, 0.1) is 5.69 Å². The standard InChI is InChI=1S/C11H15N3/c1-3-4-8-14(2)11-6-5-7-13-10(11)9-12/h5-7H,3-4,8H2,1-2H3. The summed E-state index contributed by atoms with van der Waals surface area (Å²) >= 11 is 0. The van der Waals surface area contributed by atoms with Gasteiger partial charge >= 0.3 is 0 Å². The van der Waals surface area contributed by atoms with E-state index in [2.05, 4.69) is 22.9 Å². The topological polar surface area (TPSA) is 39.9 Å². The Labute approximate surface area is 85.0 Å². The lowest BCUT2D eigenvalue weighted by molar-refractivity contribution is 0.765. The summed E-state index contributed by atoms with van der Waals surface area (Å²) in [5.41, 5.74) is 1.43. The molecule has 0 fully saturated rings. The Hall–Kier alpha value is -1.56. The maximum absolute atomic E-state index is 8.85. The summed E-state index contributed by atoms with van der Waals surface area (Å²) in [4.78, 5) is 6.10. The summed E-state index contributed by atoms with van der Waals surface area (Å²) in [7, 11) is 1.99. The highest BCUT2D eigenvalue weighted by Crippen LogP contribution is 2.15. The number of hydrogen-bond donors (Lipinski definition) is 0. The molecular weight excluding hydrogens is 174 g/mol. The van der Waals surface area contributed by atoms with Crippen molar-refractivity contribution in [3.8, 4) is 6.07 Å². The predicted molar refractivity (Wildman–Crippen MR) is 57.1 cm³/mol. The monoisotopic (exact) mass is 189 g/mol. The SMILES string of the molecule is CCCCN(C)c1cccnc1C#N. The third-order valence-corrected chi connectivity index (χ3v) is 2.15. The van der Waals surface area contributed by atoms with Crippen molar-refractivity contribution in [2.24, 2.45) is 0 Å². The van der Waals surface area contributed by atoms with E-state index < -0.39 is 0 Å². The van der Waals surface area contributed by atoms with Crippen LogP contribution in [0.25, 0.3) is 0 Å². The molecule has 1 aromatic rings. The molecule has 0 aliphatic carbocycles. The molecule has 0 unspecified atom stereocenters. The summed E-state index contributed by atoms with van der Waals surface area (Å²) < 4.78 is 0. The second-order valence-electron chi connectivity index (χ2n) is 3.26. The van der Waals surface area contributed by atoms with Gasteiger partial charge < -0.3 is 4.90 Å². The van der Waals surface area contributed by atoms with E-state index in [0.29, 0.717) is 5.69 Å². The molecule has 1 heterocycles. The average Bonchev–Trinajstić information content (AvgIpc) is 2.25. The Balaban J connectivity index is 2.79. The fourth-order valence-corrected chi connectivity index (χ4v) is 1.31. The number of aromatic nitrogens is 1. The summed E-state index contributed by atoms with van der Waals surface area (Å²) in [6, 6.07) is 5.89. The van der Waals surface area contributed by atoms with Gasteiger partial charge in [0.25, 0.3) is 0 Å². The summed E-state index contributed by atoms with van der Waals surface area (Å²) in [5, 5.41) is 8.85. The number of anilines is 1. The predicted octanol–water partition coefficient (Wildman–Crippen LogP) is 2.19. The normalized spacial score (nSPS) is 9.50. The van der Waals surface area contributed by atoms with Crippen LogP contribution in [0.15, 0.2) is 18.3 Å². The van der Waals surface area contributed by atoms with Crippen LogP contribution in [0.3, 0.4) is 0 Å². The quantitative estimate of drug-likeness (QED) is 0.729. The number of nitriles is 1. The molecule has 0 atom stereocenters. The number of hydrogen-bond acceptors (Lipinski definition) is 3. The minimum atomic E-state index is 0.506. The molecule has 0 aliphatic heterocycles. The van der Waals surface area contributed by atoms with Crippen molar-refractivity contribution < 1.29 is 0 Å². The van der Waals surface area contributed by atoms with Crippen molar-refractivity contribution in [1.82, 2.24) is 4.98 Å². The van der Waals surface area contributed by atoms with E-state index >= 15 is 0 Å². The lowest BCUT2D eigenvalue weighted by Gasteiger charge is -2.19. The largest absolute Gasteiger partial charge is 0.372 e. The third kappa shape index (κ3) is 2.46. The highest BCUT2D eigenvalue weighted by atomic mass is 15.1. The molecular formula is C11H15N3. The van der Waals surface area contributed by atoms with Gasteiger partial charge in [0.15, 0.2) is 5.69 Å². The van der Waals surface area contributed by atoms with Crippen molar-refractivity contribution in [2.45, 2.75) is 19.8 Å².